The third-order valence-electron chi connectivity index (χ3n) is 2.73. The Labute approximate surface area is 104 Å². The summed E-state index contributed by atoms with van der Waals surface area (Å²) in [6.45, 7) is 4.86. The Morgan fingerprint density at radius 1 is 1.24 bits per heavy atom. The van der Waals surface area contributed by atoms with Crippen LogP contribution in [0, 0.1) is 13.8 Å². The van der Waals surface area contributed by atoms with Gasteiger partial charge >= 0.3 is 0 Å². The summed E-state index contributed by atoms with van der Waals surface area (Å²) < 4.78 is 3.25. The van der Waals surface area contributed by atoms with Crippen LogP contribution in [0.5, 0.6) is 0 Å². The average molecular weight is 243 g/mol. The molecule has 3 rings (SSSR count). The van der Waals surface area contributed by atoms with E-state index in [0.29, 0.717) is 0 Å². The van der Waals surface area contributed by atoms with Crippen LogP contribution in [0.4, 0.5) is 0 Å². The molecule has 0 fully saturated rings. The van der Waals surface area contributed by atoms with Gasteiger partial charge in [-0.2, -0.15) is 5.10 Å². The van der Waals surface area contributed by atoms with Gasteiger partial charge in [0.1, 0.15) is 5.01 Å². The van der Waals surface area contributed by atoms with Crippen LogP contribution < -0.4 is 0 Å². The van der Waals surface area contributed by atoms with Crippen molar-refractivity contribution in [3.05, 3.63) is 46.7 Å². The van der Waals surface area contributed by atoms with Crippen LogP contribution in [-0.2, 0) is 6.54 Å². The number of hydrogen-bond acceptors (Lipinski definition) is 3. The number of rotatable bonds is 2. The van der Waals surface area contributed by atoms with E-state index in [-0.39, 0.29) is 0 Å². The summed E-state index contributed by atoms with van der Waals surface area (Å²) in [6, 6.07) is 10.3. The largest absolute Gasteiger partial charge is 0.263 e. The summed E-state index contributed by atoms with van der Waals surface area (Å²) in [5.41, 5.74) is 3.32. The first kappa shape index (κ1) is 10.5. The standard InChI is InChI=1S/C13H13N3S/c1-9-7-10(2)16(15-9)8-13-14-11-5-3-4-6-12(11)17-13/h3-7H,8H2,1-2H3. The van der Waals surface area contributed by atoms with Crippen molar-refractivity contribution in [3.8, 4) is 0 Å². The molecule has 0 bridgehead atoms. The molecule has 0 aliphatic heterocycles. The van der Waals surface area contributed by atoms with E-state index in [0.717, 1.165) is 22.8 Å². The SMILES string of the molecule is Cc1cc(C)n(Cc2nc3ccccc3s2)n1. The highest BCUT2D eigenvalue weighted by Crippen LogP contribution is 2.22. The molecule has 0 amide bonds. The smallest absolute Gasteiger partial charge is 0.115 e. The average Bonchev–Trinajstić information content (AvgIpc) is 2.82. The van der Waals surface area contributed by atoms with Crippen LogP contribution in [-0.4, -0.2) is 14.8 Å². The van der Waals surface area contributed by atoms with Crippen LogP contribution in [0.15, 0.2) is 30.3 Å². The third-order valence-corrected chi connectivity index (χ3v) is 3.75. The number of hydrogen-bond donors (Lipinski definition) is 0. The van der Waals surface area contributed by atoms with Crippen LogP contribution in [0.2, 0.25) is 0 Å². The minimum Gasteiger partial charge on any atom is -0.263 e. The Kier molecular flexibility index (Phi) is 2.44. The second kappa shape index (κ2) is 3.96. The van der Waals surface area contributed by atoms with E-state index in [1.165, 1.54) is 10.4 Å². The molecule has 0 N–H and O–H groups in total. The first-order valence-corrected chi connectivity index (χ1v) is 6.39. The van der Waals surface area contributed by atoms with E-state index >= 15 is 0 Å². The molecule has 3 nitrogen and oxygen atoms in total. The second-order valence-corrected chi connectivity index (χ2v) is 5.28. The molecule has 0 saturated heterocycles. The zero-order valence-corrected chi connectivity index (χ0v) is 10.7. The zero-order valence-electron chi connectivity index (χ0n) is 9.84. The van der Waals surface area contributed by atoms with Gasteiger partial charge in [-0.15, -0.1) is 11.3 Å². The van der Waals surface area contributed by atoms with Gasteiger partial charge in [-0.1, -0.05) is 12.1 Å². The van der Waals surface area contributed by atoms with E-state index in [1.54, 1.807) is 11.3 Å². The summed E-state index contributed by atoms with van der Waals surface area (Å²) in [7, 11) is 0. The normalized spacial score (nSPS) is 11.2. The van der Waals surface area contributed by atoms with Gasteiger partial charge in [-0.05, 0) is 32.0 Å². The van der Waals surface area contributed by atoms with E-state index in [9.17, 15) is 0 Å². The van der Waals surface area contributed by atoms with Crippen LogP contribution in [0.3, 0.4) is 0 Å². The highest BCUT2D eigenvalue weighted by molar-refractivity contribution is 7.18. The Morgan fingerprint density at radius 3 is 2.76 bits per heavy atom. The fourth-order valence-electron chi connectivity index (χ4n) is 1.95. The molecular weight excluding hydrogens is 230 g/mol. The maximum Gasteiger partial charge on any atom is 0.115 e. The van der Waals surface area contributed by atoms with Gasteiger partial charge in [-0.3, -0.25) is 4.68 Å². The van der Waals surface area contributed by atoms with Gasteiger partial charge < -0.3 is 0 Å². The quantitative estimate of drug-likeness (QED) is 0.692. The van der Waals surface area contributed by atoms with Gasteiger partial charge in [0.05, 0.1) is 22.5 Å². The lowest BCUT2D eigenvalue weighted by Gasteiger charge is -1.99. The molecule has 0 aliphatic rings. The summed E-state index contributed by atoms with van der Waals surface area (Å²) >= 11 is 1.74. The number of para-hydroxylation sites is 1. The van der Waals surface area contributed by atoms with Crippen LogP contribution in [0.25, 0.3) is 10.2 Å². The molecule has 2 heterocycles. The molecule has 0 spiro atoms. The Hall–Kier alpha value is -1.68. The summed E-state index contributed by atoms with van der Waals surface area (Å²) in [5, 5.41) is 5.57. The van der Waals surface area contributed by atoms with Crippen molar-refractivity contribution in [2.75, 3.05) is 0 Å². The van der Waals surface area contributed by atoms with Crippen LogP contribution in [0.1, 0.15) is 16.4 Å². The van der Waals surface area contributed by atoms with E-state index in [4.69, 9.17) is 0 Å². The molecule has 0 saturated carbocycles. The number of thiazole rings is 1. The molecule has 2 aromatic heterocycles. The first-order valence-electron chi connectivity index (χ1n) is 5.58. The molecule has 0 radical (unpaired) electrons. The molecule has 0 atom stereocenters. The Balaban J connectivity index is 1.97. The van der Waals surface area contributed by atoms with Gasteiger partial charge in [0.25, 0.3) is 0 Å². The fourth-order valence-corrected chi connectivity index (χ4v) is 2.90. The molecule has 17 heavy (non-hydrogen) atoms. The van der Waals surface area contributed by atoms with Crippen molar-refractivity contribution in [1.29, 1.82) is 0 Å². The van der Waals surface area contributed by atoms with E-state index in [1.807, 2.05) is 23.7 Å². The van der Waals surface area contributed by atoms with Crippen molar-refractivity contribution in [2.24, 2.45) is 0 Å². The zero-order chi connectivity index (χ0) is 11.8. The van der Waals surface area contributed by atoms with Crippen molar-refractivity contribution >= 4 is 21.6 Å². The molecule has 0 aliphatic carbocycles. The summed E-state index contributed by atoms with van der Waals surface area (Å²) in [6.07, 6.45) is 0. The lowest BCUT2D eigenvalue weighted by molar-refractivity contribution is 0.657. The van der Waals surface area contributed by atoms with Gasteiger partial charge in [0.15, 0.2) is 0 Å². The topological polar surface area (TPSA) is 30.7 Å². The summed E-state index contributed by atoms with van der Waals surface area (Å²) in [5.74, 6) is 0. The maximum absolute atomic E-state index is 4.62. The minimum absolute atomic E-state index is 0.763. The minimum atomic E-state index is 0.763. The van der Waals surface area contributed by atoms with Crippen molar-refractivity contribution in [3.63, 3.8) is 0 Å². The molecule has 3 aromatic rings. The lowest BCUT2D eigenvalue weighted by Crippen LogP contribution is -2.03. The predicted octanol–water partition coefficient (Wildman–Crippen LogP) is 3.16. The Morgan fingerprint density at radius 2 is 2.06 bits per heavy atom. The third kappa shape index (κ3) is 1.96. The van der Waals surface area contributed by atoms with Crippen molar-refractivity contribution in [2.45, 2.75) is 20.4 Å². The first-order chi connectivity index (χ1) is 8.22. The number of aromatic nitrogens is 3. The highest BCUT2D eigenvalue weighted by atomic mass is 32.1. The molecular formula is C13H13N3S. The monoisotopic (exact) mass is 243 g/mol. The predicted molar refractivity (Wildman–Crippen MR) is 70.4 cm³/mol. The number of benzene rings is 1. The maximum atomic E-state index is 4.62. The van der Waals surface area contributed by atoms with Gasteiger partial charge in [0, 0.05) is 5.69 Å². The number of nitrogens with zero attached hydrogens (tertiary/aromatic N) is 3. The van der Waals surface area contributed by atoms with Gasteiger partial charge in [0.2, 0.25) is 0 Å². The molecule has 86 valence electrons. The summed E-state index contributed by atoms with van der Waals surface area (Å²) in [4.78, 5) is 4.62. The van der Waals surface area contributed by atoms with E-state index in [2.05, 4.69) is 35.2 Å². The lowest BCUT2D eigenvalue weighted by atomic mass is 10.3. The Bertz CT molecular complexity index is 633. The number of aryl methyl sites for hydroxylation is 2. The molecule has 4 heteroatoms. The van der Waals surface area contributed by atoms with Crippen molar-refractivity contribution < 1.29 is 0 Å². The van der Waals surface area contributed by atoms with Crippen molar-refractivity contribution in [1.82, 2.24) is 14.8 Å². The van der Waals surface area contributed by atoms with Gasteiger partial charge in [-0.25, -0.2) is 4.98 Å². The van der Waals surface area contributed by atoms with Crippen LogP contribution >= 0.6 is 11.3 Å². The molecule has 1 aromatic carbocycles. The second-order valence-electron chi connectivity index (χ2n) is 4.16. The number of fused-ring (bicyclic) bond motifs is 1. The highest BCUT2D eigenvalue weighted by Gasteiger charge is 2.06. The molecule has 0 unspecified atom stereocenters. The van der Waals surface area contributed by atoms with E-state index < -0.39 is 0 Å². The fraction of sp³-hybridized carbons (Fsp3) is 0.231.